The third-order valence-electron chi connectivity index (χ3n) is 10.0. The number of hydrogen-bond donors (Lipinski definition) is 0. The molecule has 7 rings (SSSR count). The summed E-state index contributed by atoms with van der Waals surface area (Å²) < 4.78 is 17.3. The molecule has 0 fully saturated rings. The van der Waals surface area contributed by atoms with Crippen LogP contribution in [0.1, 0.15) is 96.7 Å². The highest BCUT2D eigenvalue weighted by Gasteiger charge is 2.23. The van der Waals surface area contributed by atoms with E-state index < -0.39 is 0 Å². The smallest absolute Gasteiger partial charge is 0.141 e. The molecule has 6 nitrogen and oxygen atoms in total. The summed E-state index contributed by atoms with van der Waals surface area (Å²) in [7, 11) is 0. The lowest BCUT2D eigenvalue weighted by Crippen LogP contribution is -2.10. The summed E-state index contributed by atoms with van der Waals surface area (Å²) in [5.41, 5.74) is 10.7. The normalized spacial score (nSPS) is 12.1. The summed E-state index contributed by atoms with van der Waals surface area (Å²) in [5, 5.41) is 7.69. The second-order valence-corrected chi connectivity index (χ2v) is 16.4. The van der Waals surface area contributed by atoms with Crippen molar-refractivity contribution in [2.75, 3.05) is 0 Å². The van der Waals surface area contributed by atoms with Gasteiger partial charge < -0.3 is 9.47 Å². The molecule has 0 saturated carbocycles. The van der Waals surface area contributed by atoms with Crippen molar-refractivity contribution in [3.8, 4) is 39.9 Å². The molecule has 0 amide bonds. The van der Waals surface area contributed by atoms with Crippen LogP contribution in [0, 0.1) is 12.3 Å². The minimum Gasteiger partial charge on any atom is -0.491 e. The fourth-order valence-electron chi connectivity index (χ4n) is 7.29. The zero-order chi connectivity index (χ0) is 38.1. The van der Waals surface area contributed by atoms with Gasteiger partial charge >= 0.3 is 0 Å². The van der Waals surface area contributed by atoms with E-state index >= 15 is 0 Å². The molecular formula is C48H54N4O2. The van der Waals surface area contributed by atoms with Gasteiger partial charge in [-0.1, -0.05) is 96.0 Å². The maximum atomic E-state index is 6.84. The van der Waals surface area contributed by atoms with Crippen LogP contribution >= 0.6 is 0 Å². The number of pyridine rings is 1. The summed E-state index contributed by atoms with van der Waals surface area (Å²) in [6.07, 6.45) is 5.79. The second kappa shape index (κ2) is 15.2. The van der Waals surface area contributed by atoms with Crippen molar-refractivity contribution in [2.24, 2.45) is 5.41 Å². The highest BCUT2D eigenvalue weighted by Crippen LogP contribution is 2.38. The van der Waals surface area contributed by atoms with Gasteiger partial charge in [-0.3, -0.25) is 4.57 Å². The third-order valence-corrected chi connectivity index (χ3v) is 10.0. The Kier molecular flexibility index (Phi) is 10.4. The van der Waals surface area contributed by atoms with Crippen LogP contribution < -0.4 is 9.47 Å². The van der Waals surface area contributed by atoms with E-state index in [9.17, 15) is 0 Å². The van der Waals surface area contributed by atoms with E-state index in [1.807, 2.05) is 32.2 Å². The molecule has 278 valence electrons. The third kappa shape index (κ3) is 7.79. The van der Waals surface area contributed by atoms with Gasteiger partial charge in [-0.15, -0.1) is 0 Å². The van der Waals surface area contributed by atoms with Gasteiger partial charge in [0.2, 0.25) is 0 Å². The predicted octanol–water partition coefficient (Wildman–Crippen LogP) is 13.0. The van der Waals surface area contributed by atoms with Crippen molar-refractivity contribution in [1.29, 1.82) is 0 Å². The van der Waals surface area contributed by atoms with Crippen LogP contribution in [0.3, 0.4) is 0 Å². The molecule has 7 aromatic rings. The Bertz CT molecular complexity index is 2410. The van der Waals surface area contributed by atoms with Gasteiger partial charge in [0, 0.05) is 40.7 Å². The van der Waals surface area contributed by atoms with Crippen LogP contribution in [0.15, 0.2) is 103 Å². The fraction of sp³-hybridized carbons (Fsp3) is 0.333. The van der Waals surface area contributed by atoms with E-state index in [2.05, 4.69) is 143 Å². The van der Waals surface area contributed by atoms with E-state index in [0.29, 0.717) is 5.92 Å². The molecule has 0 spiro atoms. The molecule has 0 N–H and O–H groups in total. The number of para-hydroxylation sites is 1. The van der Waals surface area contributed by atoms with Crippen LogP contribution in [0.25, 0.3) is 44.4 Å². The molecular weight excluding hydrogens is 665 g/mol. The first-order valence-corrected chi connectivity index (χ1v) is 19.6. The van der Waals surface area contributed by atoms with Gasteiger partial charge in [0.15, 0.2) is 0 Å². The van der Waals surface area contributed by atoms with Gasteiger partial charge in [-0.2, -0.15) is 5.10 Å². The highest BCUT2D eigenvalue weighted by molar-refractivity contribution is 6.09. The Morgan fingerprint density at radius 2 is 1.50 bits per heavy atom. The number of benzene rings is 4. The van der Waals surface area contributed by atoms with Crippen molar-refractivity contribution in [3.63, 3.8) is 0 Å². The first-order chi connectivity index (χ1) is 25.9. The van der Waals surface area contributed by atoms with Crippen LogP contribution in [0.2, 0.25) is 0 Å². The van der Waals surface area contributed by atoms with Gasteiger partial charge in [-0.25, -0.2) is 9.67 Å². The molecule has 0 saturated heterocycles. The molecule has 0 unspecified atom stereocenters. The summed E-state index contributed by atoms with van der Waals surface area (Å²) in [5.74, 6) is 3.43. The van der Waals surface area contributed by atoms with E-state index in [-0.39, 0.29) is 11.5 Å². The number of rotatable bonds is 12. The second-order valence-electron chi connectivity index (χ2n) is 16.4. The number of aromatic nitrogens is 4. The zero-order valence-electron chi connectivity index (χ0n) is 33.4. The van der Waals surface area contributed by atoms with Crippen molar-refractivity contribution >= 4 is 21.8 Å². The van der Waals surface area contributed by atoms with Crippen LogP contribution in [-0.4, -0.2) is 25.4 Å². The lowest BCUT2D eigenvalue weighted by Gasteiger charge is -2.20. The maximum absolute atomic E-state index is 6.84. The quantitative estimate of drug-likeness (QED) is 0.126. The number of aryl methyl sites for hydroxylation is 2. The van der Waals surface area contributed by atoms with E-state index in [1.165, 1.54) is 27.9 Å². The summed E-state index contributed by atoms with van der Waals surface area (Å²) in [6.45, 7) is 19.9. The van der Waals surface area contributed by atoms with Crippen LogP contribution in [0.4, 0.5) is 0 Å². The lowest BCUT2D eigenvalue weighted by atomic mass is 9.88. The summed E-state index contributed by atoms with van der Waals surface area (Å²) in [4.78, 5) is 4.80. The van der Waals surface area contributed by atoms with Crippen molar-refractivity contribution in [2.45, 2.75) is 100 Å². The Labute approximate surface area is 320 Å². The Morgan fingerprint density at radius 3 is 2.22 bits per heavy atom. The van der Waals surface area contributed by atoms with E-state index in [1.54, 1.807) is 0 Å². The fourth-order valence-corrected chi connectivity index (χ4v) is 7.29. The maximum Gasteiger partial charge on any atom is 0.141 e. The number of ether oxygens (including phenoxy) is 2. The van der Waals surface area contributed by atoms with Gasteiger partial charge in [0.05, 0.1) is 34.2 Å². The van der Waals surface area contributed by atoms with Crippen LogP contribution in [-0.2, 0) is 12.8 Å². The first-order valence-electron chi connectivity index (χ1n) is 19.6. The molecule has 0 radical (unpaired) electrons. The average molecular weight is 719 g/mol. The van der Waals surface area contributed by atoms with Crippen molar-refractivity contribution in [1.82, 2.24) is 19.3 Å². The standard InChI is InChI=1S/C48H54N4O2/c1-10-13-42-47(34-18-16-33(6)17-19-34)44(22-24-48(7,8)9)52(50-42)36-26-35(31(2)3)27-39(28-36)54-37-20-21-41-40-14-11-12-15-43(40)51(45(41)29-37)46-30-38(23-25-49-46)53-32(4)5/h11-12,14-21,23,25-32H,10,13,22,24H2,1-9H3. The zero-order valence-corrected chi connectivity index (χ0v) is 33.4. The minimum absolute atomic E-state index is 0.0635. The van der Waals surface area contributed by atoms with Crippen molar-refractivity contribution < 1.29 is 9.47 Å². The Hall–Kier alpha value is -5.36. The van der Waals surface area contributed by atoms with E-state index in [4.69, 9.17) is 19.6 Å². The summed E-state index contributed by atoms with van der Waals surface area (Å²) >= 11 is 0. The lowest BCUT2D eigenvalue weighted by molar-refractivity contribution is 0.242. The molecule has 3 heterocycles. The Morgan fingerprint density at radius 1 is 0.741 bits per heavy atom. The molecule has 6 heteroatoms. The molecule has 54 heavy (non-hydrogen) atoms. The molecule has 3 aromatic heterocycles. The van der Waals surface area contributed by atoms with Gasteiger partial charge in [0.25, 0.3) is 0 Å². The first kappa shape index (κ1) is 37.0. The number of fused-ring (bicyclic) bond motifs is 3. The van der Waals surface area contributed by atoms with Gasteiger partial charge in [0.1, 0.15) is 23.1 Å². The largest absolute Gasteiger partial charge is 0.491 e. The molecule has 0 atom stereocenters. The van der Waals surface area contributed by atoms with E-state index in [0.717, 1.165) is 81.9 Å². The topological polar surface area (TPSA) is 54.1 Å². The van der Waals surface area contributed by atoms with Crippen molar-refractivity contribution in [3.05, 3.63) is 126 Å². The predicted molar refractivity (Wildman–Crippen MR) is 224 cm³/mol. The highest BCUT2D eigenvalue weighted by atomic mass is 16.5. The molecule has 0 aliphatic heterocycles. The summed E-state index contributed by atoms with van der Waals surface area (Å²) in [6, 6.07) is 34.3. The molecule has 0 bridgehead atoms. The molecule has 4 aromatic carbocycles. The van der Waals surface area contributed by atoms with Crippen LogP contribution in [0.5, 0.6) is 17.2 Å². The number of hydrogen-bond acceptors (Lipinski definition) is 4. The SMILES string of the molecule is CCCc1nn(-c2cc(Oc3ccc4c5ccccc5n(-c5cc(OC(C)C)ccn5)c4c3)cc(C(C)C)c2)c(CCC(C)(C)C)c1-c1ccc(C)cc1. The number of nitrogens with zero attached hydrogens (tertiary/aromatic N) is 4. The Balaban J connectivity index is 1.35. The monoisotopic (exact) mass is 718 g/mol. The average Bonchev–Trinajstić information content (AvgIpc) is 3.66. The van der Waals surface area contributed by atoms with Gasteiger partial charge in [-0.05, 0) is 98.9 Å². The molecule has 0 aliphatic carbocycles. The molecule has 0 aliphatic rings. The minimum atomic E-state index is 0.0635.